The molecule has 0 aromatic carbocycles. The van der Waals surface area contributed by atoms with Crippen LogP contribution in [0.3, 0.4) is 0 Å². The minimum Gasteiger partial charge on any atom is -0.465 e. The van der Waals surface area contributed by atoms with E-state index in [1.54, 1.807) is 0 Å². The van der Waals surface area contributed by atoms with Gasteiger partial charge in [-0.05, 0) is 15.9 Å². The van der Waals surface area contributed by atoms with Crippen molar-refractivity contribution in [1.29, 1.82) is 0 Å². The number of pyridine rings is 1. The van der Waals surface area contributed by atoms with Gasteiger partial charge in [-0.15, -0.1) is 0 Å². The smallest absolute Gasteiger partial charge is 0.407 e. The van der Waals surface area contributed by atoms with Gasteiger partial charge in [0.2, 0.25) is 0 Å². The van der Waals surface area contributed by atoms with E-state index < -0.39 is 11.0 Å². The van der Waals surface area contributed by atoms with Crippen LogP contribution in [0.15, 0.2) is 16.7 Å². The molecule has 1 aromatic heterocycles. The van der Waals surface area contributed by atoms with E-state index in [9.17, 15) is 14.9 Å². The number of anilines is 1. The molecule has 0 radical (unpaired) electrons. The molecule has 9 heteroatoms. The maximum Gasteiger partial charge on any atom is 0.407 e. The fourth-order valence-corrected chi connectivity index (χ4v) is 2.28. The van der Waals surface area contributed by atoms with Crippen molar-refractivity contribution in [1.82, 2.24) is 9.88 Å². The van der Waals surface area contributed by atoms with Gasteiger partial charge in [-0.3, -0.25) is 10.1 Å². The fourth-order valence-electron chi connectivity index (χ4n) is 1.86. The van der Waals surface area contributed by atoms with Crippen LogP contribution in [0.2, 0.25) is 0 Å². The van der Waals surface area contributed by atoms with E-state index >= 15 is 0 Å². The van der Waals surface area contributed by atoms with Crippen LogP contribution < -0.4 is 4.90 Å². The van der Waals surface area contributed by atoms with Crippen molar-refractivity contribution in [2.24, 2.45) is 0 Å². The van der Waals surface area contributed by atoms with Crippen LogP contribution in [0.5, 0.6) is 0 Å². The Morgan fingerprint density at radius 3 is 2.53 bits per heavy atom. The molecular weight excluding hydrogens is 320 g/mol. The lowest BCUT2D eigenvalue weighted by molar-refractivity contribution is -0.384. The Bertz CT molecular complexity index is 516. The molecule has 102 valence electrons. The molecule has 2 rings (SSSR count). The summed E-state index contributed by atoms with van der Waals surface area (Å²) >= 11 is 3.14. The lowest BCUT2D eigenvalue weighted by Crippen LogP contribution is -2.48. The zero-order chi connectivity index (χ0) is 14.0. The third kappa shape index (κ3) is 3.11. The minimum atomic E-state index is -0.951. The SMILES string of the molecule is O=C(O)N1CCN(c2cc([N+](=O)[O-])cc(Br)n2)CC1. The van der Waals surface area contributed by atoms with Crippen LogP contribution >= 0.6 is 15.9 Å². The van der Waals surface area contributed by atoms with Crippen LogP contribution in [0.25, 0.3) is 0 Å². The van der Waals surface area contributed by atoms with Crippen molar-refractivity contribution in [2.45, 2.75) is 0 Å². The summed E-state index contributed by atoms with van der Waals surface area (Å²) in [4.78, 5) is 28.4. The van der Waals surface area contributed by atoms with E-state index in [2.05, 4.69) is 20.9 Å². The summed E-state index contributed by atoms with van der Waals surface area (Å²) in [5, 5.41) is 19.6. The summed E-state index contributed by atoms with van der Waals surface area (Å²) in [5.41, 5.74) is -0.0439. The number of nitro groups is 1. The molecular formula is C10H11BrN4O4. The standard InChI is InChI=1S/C10H11BrN4O4/c11-8-5-7(15(18)19)6-9(12-8)13-1-3-14(4-2-13)10(16)17/h5-6H,1-4H2,(H,16,17). The Hall–Kier alpha value is -1.90. The van der Waals surface area contributed by atoms with Crippen molar-refractivity contribution in [3.05, 3.63) is 26.9 Å². The molecule has 1 aliphatic heterocycles. The Kier molecular flexibility index (Phi) is 3.84. The molecule has 1 fully saturated rings. The number of aromatic nitrogens is 1. The quantitative estimate of drug-likeness (QED) is 0.501. The Morgan fingerprint density at radius 2 is 2.00 bits per heavy atom. The minimum absolute atomic E-state index is 0.0439. The molecule has 0 saturated carbocycles. The summed E-state index contributed by atoms with van der Waals surface area (Å²) < 4.78 is 0.386. The topological polar surface area (TPSA) is 99.8 Å². The van der Waals surface area contributed by atoms with Crippen LogP contribution in [0.1, 0.15) is 0 Å². The largest absolute Gasteiger partial charge is 0.465 e. The van der Waals surface area contributed by atoms with Crippen molar-refractivity contribution in [2.75, 3.05) is 31.1 Å². The summed E-state index contributed by atoms with van der Waals surface area (Å²) in [6.45, 7) is 1.65. The molecule has 1 N–H and O–H groups in total. The molecule has 0 spiro atoms. The van der Waals surface area contributed by atoms with Crippen molar-refractivity contribution in [3.8, 4) is 0 Å². The van der Waals surface area contributed by atoms with E-state index in [4.69, 9.17) is 5.11 Å². The highest BCUT2D eigenvalue weighted by Crippen LogP contribution is 2.24. The van der Waals surface area contributed by atoms with Gasteiger partial charge < -0.3 is 14.9 Å². The number of carbonyl (C=O) groups is 1. The molecule has 1 amide bonds. The number of hydrogen-bond donors (Lipinski definition) is 1. The third-order valence-corrected chi connectivity index (χ3v) is 3.26. The second kappa shape index (κ2) is 5.39. The second-order valence-corrected chi connectivity index (χ2v) is 4.83. The monoisotopic (exact) mass is 330 g/mol. The first-order valence-electron chi connectivity index (χ1n) is 5.52. The maximum absolute atomic E-state index is 10.8. The number of hydrogen-bond acceptors (Lipinski definition) is 5. The molecule has 1 aromatic rings. The van der Waals surface area contributed by atoms with Gasteiger partial charge in [0.25, 0.3) is 5.69 Å². The van der Waals surface area contributed by atoms with Crippen molar-refractivity contribution < 1.29 is 14.8 Å². The number of amides is 1. The van der Waals surface area contributed by atoms with Gasteiger partial charge in [0.1, 0.15) is 10.4 Å². The van der Waals surface area contributed by atoms with Gasteiger partial charge in [0.15, 0.2) is 0 Å². The highest BCUT2D eigenvalue weighted by atomic mass is 79.9. The Balaban J connectivity index is 2.15. The summed E-state index contributed by atoms with van der Waals surface area (Å²) in [7, 11) is 0. The van der Waals surface area contributed by atoms with Gasteiger partial charge in [-0.25, -0.2) is 9.78 Å². The van der Waals surface area contributed by atoms with Crippen LogP contribution in [-0.4, -0.2) is 52.2 Å². The van der Waals surface area contributed by atoms with Gasteiger partial charge in [-0.1, -0.05) is 0 Å². The highest BCUT2D eigenvalue weighted by molar-refractivity contribution is 9.10. The number of piperazine rings is 1. The molecule has 0 aliphatic carbocycles. The summed E-state index contributed by atoms with van der Waals surface area (Å²) in [6.07, 6.45) is -0.951. The van der Waals surface area contributed by atoms with Crippen molar-refractivity contribution >= 4 is 33.5 Å². The maximum atomic E-state index is 10.8. The Morgan fingerprint density at radius 1 is 1.37 bits per heavy atom. The van der Waals surface area contributed by atoms with Gasteiger partial charge in [0.05, 0.1) is 11.0 Å². The highest BCUT2D eigenvalue weighted by Gasteiger charge is 2.22. The number of nitrogens with zero attached hydrogens (tertiary/aromatic N) is 4. The molecule has 0 atom stereocenters. The first-order valence-corrected chi connectivity index (χ1v) is 6.31. The third-order valence-electron chi connectivity index (χ3n) is 2.85. The lowest BCUT2D eigenvalue weighted by Gasteiger charge is -2.33. The number of carboxylic acid groups (broad SMARTS) is 1. The number of rotatable bonds is 2. The van der Waals surface area contributed by atoms with Gasteiger partial charge >= 0.3 is 6.09 Å². The van der Waals surface area contributed by atoms with Crippen molar-refractivity contribution in [3.63, 3.8) is 0 Å². The molecule has 8 nitrogen and oxygen atoms in total. The Labute approximate surface area is 116 Å². The average molecular weight is 331 g/mol. The van der Waals surface area contributed by atoms with Crippen LogP contribution in [0, 0.1) is 10.1 Å². The van der Waals surface area contributed by atoms with Gasteiger partial charge in [-0.2, -0.15) is 0 Å². The van der Waals surface area contributed by atoms with E-state index in [1.807, 2.05) is 4.90 Å². The molecule has 2 heterocycles. The molecule has 19 heavy (non-hydrogen) atoms. The zero-order valence-electron chi connectivity index (χ0n) is 9.82. The molecule has 0 unspecified atom stereocenters. The first-order chi connectivity index (χ1) is 8.97. The summed E-state index contributed by atoms with van der Waals surface area (Å²) in [5.74, 6) is 0.478. The predicted octanol–water partition coefficient (Wildman–Crippen LogP) is 1.55. The average Bonchev–Trinajstić information content (AvgIpc) is 2.38. The van der Waals surface area contributed by atoms with Gasteiger partial charge in [0, 0.05) is 32.2 Å². The first kappa shape index (κ1) is 13.5. The van der Waals surface area contributed by atoms with Crippen LogP contribution in [0.4, 0.5) is 16.3 Å². The number of halogens is 1. The van der Waals surface area contributed by atoms with E-state index in [1.165, 1.54) is 17.0 Å². The molecule has 0 bridgehead atoms. The lowest BCUT2D eigenvalue weighted by atomic mass is 10.3. The fraction of sp³-hybridized carbons (Fsp3) is 0.400. The van der Waals surface area contributed by atoms with E-state index in [0.29, 0.717) is 36.6 Å². The molecule has 1 aliphatic rings. The second-order valence-electron chi connectivity index (χ2n) is 4.02. The van der Waals surface area contributed by atoms with E-state index in [-0.39, 0.29) is 5.69 Å². The molecule has 1 saturated heterocycles. The predicted molar refractivity (Wildman–Crippen MR) is 70.4 cm³/mol. The normalized spacial score (nSPS) is 15.4. The summed E-state index contributed by atoms with van der Waals surface area (Å²) in [6, 6.07) is 2.72. The van der Waals surface area contributed by atoms with E-state index in [0.717, 1.165) is 0 Å². The van der Waals surface area contributed by atoms with Crippen LogP contribution in [-0.2, 0) is 0 Å². The zero-order valence-corrected chi connectivity index (χ0v) is 11.4.